The molecule has 1 aliphatic heterocycles. The highest BCUT2D eigenvalue weighted by Gasteiger charge is 2.23. The molecule has 0 aromatic heterocycles. The molecule has 0 radical (unpaired) electrons. The maximum Gasteiger partial charge on any atom is 0.317 e. The van der Waals surface area contributed by atoms with Gasteiger partial charge < -0.3 is 25.2 Å². The molecule has 2 unspecified atom stereocenters. The number of aliphatic hydroxyl groups is 1. The molecule has 3 N–H and O–H groups in total. The van der Waals surface area contributed by atoms with E-state index in [1.54, 1.807) is 6.92 Å². The van der Waals surface area contributed by atoms with Crippen LogP contribution in [0.25, 0.3) is 0 Å². The molecule has 7 heteroatoms. The zero-order valence-electron chi connectivity index (χ0n) is 11.2. The fourth-order valence-electron chi connectivity index (χ4n) is 2.07. The molecule has 1 saturated heterocycles. The predicted molar refractivity (Wildman–Crippen MR) is 67.9 cm³/mol. The van der Waals surface area contributed by atoms with Crippen LogP contribution in [0.4, 0.5) is 4.79 Å². The maximum atomic E-state index is 11.8. The summed E-state index contributed by atoms with van der Waals surface area (Å²) in [4.78, 5) is 24.0. The lowest BCUT2D eigenvalue weighted by Crippen LogP contribution is -2.49. The van der Waals surface area contributed by atoms with Crippen LogP contribution in [0.15, 0.2) is 0 Å². The van der Waals surface area contributed by atoms with Crippen LogP contribution in [-0.4, -0.2) is 65.6 Å². The summed E-state index contributed by atoms with van der Waals surface area (Å²) in [5.41, 5.74) is 0. The van der Waals surface area contributed by atoms with Crippen molar-refractivity contribution < 1.29 is 24.5 Å². The number of aliphatic hydroxyl groups excluding tert-OH is 1. The number of rotatable bonds is 6. The van der Waals surface area contributed by atoms with Crippen molar-refractivity contribution in [3.8, 4) is 0 Å². The van der Waals surface area contributed by atoms with Gasteiger partial charge in [0.1, 0.15) is 0 Å². The lowest BCUT2D eigenvalue weighted by atomic mass is 10.1. The Morgan fingerprint density at radius 3 is 2.84 bits per heavy atom. The van der Waals surface area contributed by atoms with Gasteiger partial charge in [0.25, 0.3) is 0 Å². The van der Waals surface area contributed by atoms with Gasteiger partial charge in [-0.2, -0.15) is 0 Å². The first-order valence-corrected chi connectivity index (χ1v) is 6.57. The van der Waals surface area contributed by atoms with Crippen LogP contribution in [0.2, 0.25) is 0 Å². The topological polar surface area (TPSA) is 99.1 Å². The second kappa shape index (κ2) is 7.96. The van der Waals surface area contributed by atoms with Crippen molar-refractivity contribution >= 4 is 12.0 Å². The number of piperidine rings is 1. The van der Waals surface area contributed by atoms with E-state index in [0.29, 0.717) is 26.1 Å². The standard InChI is InChI=1S/C12H22N2O5/c1-2-19-10(6-11(16)17)7-13-12(18)14-5-3-4-9(15)8-14/h9-10,15H,2-8H2,1H3,(H,13,18)(H,16,17). The SMILES string of the molecule is CCOC(CNC(=O)N1CCCC(O)C1)CC(=O)O. The van der Waals surface area contributed by atoms with Gasteiger partial charge in [-0.15, -0.1) is 0 Å². The predicted octanol–water partition coefficient (Wildman–Crippen LogP) is 0.0325. The van der Waals surface area contributed by atoms with Gasteiger partial charge >= 0.3 is 12.0 Å². The molecule has 0 bridgehead atoms. The minimum atomic E-state index is -0.957. The van der Waals surface area contributed by atoms with E-state index in [9.17, 15) is 14.7 Å². The Kier molecular flexibility index (Phi) is 6.58. The molecule has 0 saturated carbocycles. The van der Waals surface area contributed by atoms with Crippen molar-refractivity contribution in [2.75, 3.05) is 26.2 Å². The number of hydrogen-bond acceptors (Lipinski definition) is 4. The largest absolute Gasteiger partial charge is 0.481 e. The van der Waals surface area contributed by atoms with E-state index in [1.807, 2.05) is 0 Å². The van der Waals surface area contributed by atoms with Gasteiger partial charge in [-0.05, 0) is 19.8 Å². The number of urea groups is 1. The number of aliphatic carboxylic acids is 1. The van der Waals surface area contributed by atoms with E-state index in [4.69, 9.17) is 9.84 Å². The highest BCUT2D eigenvalue weighted by Crippen LogP contribution is 2.09. The Hall–Kier alpha value is -1.34. The Morgan fingerprint density at radius 2 is 2.26 bits per heavy atom. The number of likely N-dealkylation sites (tertiary alicyclic amines) is 1. The molecule has 2 atom stereocenters. The summed E-state index contributed by atoms with van der Waals surface area (Å²) in [6.45, 7) is 3.27. The number of hydrogen-bond donors (Lipinski definition) is 3. The third-order valence-corrected chi connectivity index (χ3v) is 2.97. The van der Waals surface area contributed by atoms with Gasteiger partial charge in [-0.25, -0.2) is 4.79 Å². The average molecular weight is 274 g/mol. The van der Waals surface area contributed by atoms with Crippen molar-refractivity contribution in [1.29, 1.82) is 0 Å². The van der Waals surface area contributed by atoms with Crippen LogP contribution in [0.1, 0.15) is 26.2 Å². The normalized spacial score (nSPS) is 20.9. The molecule has 0 aliphatic carbocycles. The second-order valence-corrected chi connectivity index (χ2v) is 4.60. The molecular weight excluding hydrogens is 252 g/mol. The van der Waals surface area contributed by atoms with Gasteiger partial charge in [0.2, 0.25) is 0 Å². The van der Waals surface area contributed by atoms with Crippen molar-refractivity contribution in [3.63, 3.8) is 0 Å². The molecule has 110 valence electrons. The van der Waals surface area contributed by atoms with Gasteiger partial charge in [0.05, 0.1) is 18.6 Å². The van der Waals surface area contributed by atoms with Crippen LogP contribution in [0.5, 0.6) is 0 Å². The number of β-amino-alcohol motifs (C(OH)–C–C–N with tert-alkyl or cyclic N) is 1. The summed E-state index contributed by atoms with van der Waals surface area (Å²) >= 11 is 0. The second-order valence-electron chi connectivity index (χ2n) is 4.60. The van der Waals surface area contributed by atoms with E-state index in [-0.39, 0.29) is 19.0 Å². The van der Waals surface area contributed by atoms with E-state index in [1.165, 1.54) is 4.90 Å². The molecule has 0 aromatic rings. The number of carboxylic acids is 1. The molecular formula is C12H22N2O5. The molecule has 19 heavy (non-hydrogen) atoms. The van der Waals surface area contributed by atoms with Crippen LogP contribution in [0.3, 0.4) is 0 Å². The summed E-state index contributed by atoms with van der Waals surface area (Å²) in [7, 11) is 0. The van der Waals surface area contributed by atoms with Crippen molar-refractivity contribution in [1.82, 2.24) is 10.2 Å². The van der Waals surface area contributed by atoms with Gasteiger partial charge in [0.15, 0.2) is 0 Å². The van der Waals surface area contributed by atoms with Crippen LogP contribution in [0, 0.1) is 0 Å². The maximum absolute atomic E-state index is 11.8. The molecule has 7 nitrogen and oxygen atoms in total. The minimum absolute atomic E-state index is 0.142. The molecule has 2 amide bonds. The lowest BCUT2D eigenvalue weighted by molar-refractivity contribution is -0.140. The summed E-state index contributed by atoms with van der Waals surface area (Å²) < 4.78 is 5.25. The van der Waals surface area contributed by atoms with E-state index in [0.717, 1.165) is 6.42 Å². The number of carbonyl (C=O) groups excluding carboxylic acids is 1. The van der Waals surface area contributed by atoms with Crippen LogP contribution < -0.4 is 5.32 Å². The van der Waals surface area contributed by atoms with E-state index < -0.39 is 18.2 Å². The Morgan fingerprint density at radius 1 is 1.53 bits per heavy atom. The first kappa shape index (κ1) is 15.7. The summed E-state index contributed by atoms with van der Waals surface area (Å²) in [5, 5.41) is 20.9. The summed E-state index contributed by atoms with van der Waals surface area (Å²) in [6, 6.07) is -0.283. The highest BCUT2D eigenvalue weighted by atomic mass is 16.5. The zero-order chi connectivity index (χ0) is 14.3. The van der Waals surface area contributed by atoms with Gasteiger partial charge in [-0.3, -0.25) is 4.79 Å². The number of ether oxygens (including phenoxy) is 1. The van der Waals surface area contributed by atoms with Gasteiger partial charge in [0, 0.05) is 26.2 Å². The number of nitrogens with zero attached hydrogens (tertiary/aromatic N) is 1. The molecule has 1 rings (SSSR count). The molecule has 0 spiro atoms. The fraction of sp³-hybridized carbons (Fsp3) is 0.833. The third kappa shape index (κ3) is 5.89. The summed E-state index contributed by atoms with van der Waals surface area (Å²) in [6.07, 6.45) is 0.349. The molecule has 1 heterocycles. The average Bonchev–Trinajstić information content (AvgIpc) is 2.35. The number of carbonyl (C=O) groups is 2. The number of amides is 2. The Bertz CT molecular complexity index is 310. The van der Waals surface area contributed by atoms with E-state index >= 15 is 0 Å². The monoisotopic (exact) mass is 274 g/mol. The quantitative estimate of drug-likeness (QED) is 0.635. The van der Waals surface area contributed by atoms with E-state index in [2.05, 4.69) is 5.32 Å². The van der Waals surface area contributed by atoms with Gasteiger partial charge in [-0.1, -0.05) is 0 Å². The highest BCUT2D eigenvalue weighted by molar-refractivity contribution is 5.74. The number of nitrogens with one attached hydrogen (secondary N) is 1. The molecule has 1 aliphatic rings. The fourth-order valence-corrected chi connectivity index (χ4v) is 2.07. The first-order chi connectivity index (χ1) is 9.02. The summed E-state index contributed by atoms with van der Waals surface area (Å²) in [5.74, 6) is -0.957. The van der Waals surface area contributed by atoms with Crippen molar-refractivity contribution in [2.24, 2.45) is 0 Å². The zero-order valence-corrected chi connectivity index (χ0v) is 11.2. The van der Waals surface area contributed by atoms with Crippen molar-refractivity contribution in [3.05, 3.63) is 0 Å². The Labute approximate surface area is 112 Å². The first-order valence-electron chi connectivity index (χ1n) is 6.57. The molecule has 1 fully saturated rings. The van der Waals surface area contributed by atoms with Crippen LogP contribution in [-0.2, 0) is 9.53 Å². The lowest BCUT2D eigenvalue weighted by Gasteiger charge is -2.30. The Balaban J connectivity index is 2.35. The third-order valence-electron chi connectivity index (χ3n) is 2.97. The van der Waals surface area contributed by atoms with Crippen LogP contribution >= 0.6 is 0 Å². The molecule has 0 aromatic carbocycles. The number of carboxylic acid groups (broad SMARTS) is 1. The smallest absolute Gasteiger partial charge is 0.317 e. The van der Waals surface area contributed by atoms with Crippen molar-refractivity contribution in [2.45, 2.75) is 38.4 Å². The minimum Gasteiger partial charge on any atom is -0.481 e.